The van der Waals surface area contributed by atoms with Crippen molar-refractivity contribution in [1.82, 2.24) is 5.32 Å². The molecule has 3 heteroatoms. The summed E-state index contributed by atoms with van der Waals surface area (Å²) in [5.41, 5.74) is 0. The molecule has 0 aromatic rings. The Hall–Kier alpha value is -0.570. The molecule has 0 bridgehead atoms. The van der Waals surface area contributed by atoms with E-state index in [-0.39, 0.29) is 18.6 Å². The predicted molar refractivity (Wildman–Crippen MR) is 60.5 cm³/mol. The van der Waals surface area contributed by atoms with Gasteiger partial charge in [0.15, 0.2) is 0 Å². The number of rotatable bonds is 4. The molecule has 0 radical (unpaired) electrons. The Morgan fingerprint density at radius 1 is 1.33 bits per heavy atom. The second-order valence-corrected chi connectivity index (χ2v) is 4.71. The van der Waals surface area contributed by atoms with Crippen LogP contribution in [0, 0.1) is 5.92 Å². The van der Waals surface area contributed by atoms with Crippen LogP contribution >= 0.6 is 0 Å². The molecule has 0 unspecified atom stereocenters. The fourth-order valence-electron chi connectivity index (χ4n) is 2.21. The molecule has 1 atom stereocenters. The summed E-state index contributed by atoms with van der Waals surface area (Å²) < 4.78 is 0. The van der Waals surface area contributed by atoms with Crippen LogP contribution < -0.4 is 5.32 Å². The molecule has 15 heavy (non-hydrogen) atoms. The largest absolute Gasteiger partial charge is 0.394 e. The lowest BCUT2D eigenvalue weighted by molar-refractivity contribution is -0.123. The average molecular weight is 213 g/mol. The van der Waals surface area contributed by atoms with E-state index >= 15 is 0 Å². The van der Waals surface area contributed by atoms with Gasteiger partial charge in [-0.15, -0.1) is 0 Å². The van der Waals surface area contributed by atoms with Gasteiger partial charge in [-0.25, -0.2) is 0 Å². The van der Waals surface area contributed by atoms with Crippen molar-refractivity contribution >= 4 is 5.91 Å². The molecule has 1 saturated carbocycles. The fourth-order valence-corrected chi connectivity index (χ4v) is 2.21. The Morgan fingerprint density at radius 2 is 1.93 bits per heavy atom. The summed E-state index contributed by atoms with van der Waals surface area (Å²) in [5, 5.41) is 11.6. The van der Waals surface area contributed by atoms with Crippen molar-refractivity contribution in [2.75, 3.05) is 6.61 Å². The van der Waals surface area contributed by atoms with Gasteiger partial charge < -0.3 is 10.4 Å². The second-order valence-electron chi connectivity index (χ2n) is 4.71. The monoisotopic (exact) mass is 213 g/mol. The maximum atomic E-state index is 11.6. The van der Waals surface area contributed by atoms with Crippen molar-refractivity contribution in [1.29, 1.82) is 0 Å². The molecule has 1 aliphatic rings. The van der Waals surface area contributed by atoms with Crippen LogP contribution in [0.25, 0.3) is 0 Å². The third-order valence-electron chi connectivity index (χ3n) is 3.13. The van der Waals surface area contributed by atoms with Crippen LogP contribution in [0.4, 0.5) is 0 Å². The maximum absolute atomic E-state index is 11.6. The van der Waals surface area contributed by atoms with Gasteiger partial charge in [-0.2, -0.15) is 0 Å². The van der Waals surface area contributed by atoms with Gasteiger partial charge in [0.05, 0.1) is 6.61 Å². The van der Waals surface area contributed by atoms with Gasteiger partial charge >= 0.3 is 0 Å². The van der Waals surface area contributed by atoms with Crippen molar-refractivity contribution in [2.45, 2.75) is 57.9 Å². The van der Waals surface area contributed by atoms with Gasteiger partial charge in [0, 0.05) is 12.5 Å². The lowest BCUT2D eigenvalue weighted by atomic mass is 9.96. The van der Waals surface area contributed by atoms with Crippen molar-refractivity contribution in [2.24, 2.45) is 5.92 Å². The molecule has 1 rings (SSSR count). The number of hydrogen-bond donors (Lipinski definition) is 2. The number of amides is 1. The lowest BCUT2D eigenvalue weighted by Gasteiger charge is -2.16. The summed E-state index contributed by atoms with van der Waals surface area (Å²) in [6, 6.07) is -0.108. The second kappa shape index (κ2) is 6.83. The molecule has 1 aliphatic carbocycles. The Bertz CT molecular complexity index is 186. The molecular weight excluding hydrogens is 190 g/mol. The summed E-state index contributed by atoms with van der Waals surface area (Å²) in [6.45, 7) is 1.85. The van der Waals surface area contributed by atoms with Gasteiger partial charge in [0.2, 0.25) is 5.91 Å². The third-order valence-corrected chi connectivity index (χ3v) is 3.13. The highest BCUT2D eigenvalue weighted by atomic mass is 16.3. The first-order chi connectivity index (χ1) is 7.22. The molecule has 88 valence electrons. The van der Waals surface area contributed by atoms with Crippen LogP contribution in [-0.4, -0.2) is 23.7 Å². The summed E-state index contributed by atoms with van der Waals surface area (Å²) in [6.07, 6.45) is 8.23. The van der Waals surface area contributed by atoms with E-state index in [2.05, 4.69) is 5.32 Å². The minimum atomic E-state index is -0.108. The third kappa shape index (κ3) is 5.17. The van der Waals surface area contributed by atoms with Gasteiger partial charge in [0.1, 0.15) is 0 Å². The van der Waals surface area contributed by atoms with Crippen LogP contribution in [-0.2, 0) is 4.79 Å². The van der Waals surface area contributed by atoms with Crippen LogP contribution in [0.2, 0.25) is 0 Å². The normalized spacial score (nSPS) is 20.7. The number of aliphatic hydroxyl groups excluding tert-OH is 1. The zero-order valence-corrected chi connectivity index (χ0v) is 9.67. The van der Waals surface area contributed by atoms with Crippen molar-refractivity contribution in [3.8, 4) is 0 Å². The first kappa shape index (κ1) is 12.5. The Morgan fingerprint density at radius 3 is 2.47 bits per heavy atom. The number of carbonyl (C=O) groups excluding carboxylic acids is 1. The fraction of sp³-hybridized carbons (Fsp3) is 0.917. The number of nitrogens with one attached hydrogen (secondary N) is 1. The number of hydrogen-bond acceptors (Lipinski definition) is 2. The molecule has 0 spiro atoms. The lowest BCUT2D eigenvalue weighted by Crippen LogP contribution is -2.35. The molecule has 1 amide bonds. The first-order valence-electron chi connectivity index (χ1n) is 6.12. The van der Waals surface area contributed by atoms with Gasteiger partial charge in [-0.3, -0.25) is 4.79 Å². The van der Waals surface area contributed by atoms with Gasteiger partial charge in [-0.05, 0) is 25.7 Å². The molecule has 0 aliphatic heterocycles. The minimum Gasteiger partial charge on any atom is -0.394 e. The highest BCUT2D eigenvalue weighted by Gasteiger charge is 2.16. The van der Waals surface area contributed by atoms with E-state index in [0.717, 1.165) is 0 Å². The van der Waals surface area contributed by atoms with E-state index in [1.807, 2.05) is 6.92 Å². The molecule has 3 nitrogen and oxygen atoms in total. The van der Waals surface area contributed by atoms with Crippen LogP contribution in [0.3, 0.4) is 0 Å². The smallest absolute Gasteiger partial charge is 0.220 e. The van der Waals surface area contributed by atoms with Crippen molar-refractivity contribution < 1.29 is 9.90 Å². The molecule has 1 fully saturated rings. The van der Waals surface area contributed by atoms with Crippen molar-refractivity contribution in [3.63, 3.8) is 0 Å². The maximum Gasteiger partial charge on any atom is 0.220 e. The van der Waals surface area contributed by atoms with Crippen LogP contribution in [0.1, 0.15) is 51.9 Å². The molecular formula is C12H23NO2. The number of aliphatic hydroxyl groups is 1. The highest BCUT2D eigenvalue weighted by molar-refractivity contribution is 5.76. The van der Waals surface area contributed by atoms with E-state index in [0.29, 0.717) is 12.3 Å². The van der Waals surface area contributed by atoms with E-state index in [1.165, 1.54) is 38.5 Å². The standard InChI is InChI=1S/C12H23NO2/c1-10(9-14)13-12(15)8-11-6-4-2-3-5-7-11/h10-11,14H,2-9H2,1H3,(H,13,15)/t10-/m1/s1. The molecule has 0 heterocycles. The topological polar surface area (TPSA) is 49.3 Å². The van der Waals surface area contributed by atoms with E-state index in [4.69, 9.17) is 5.11 Å². The quantitative estimate of drug-likeness (QED) is 0.700. The van der Waals surface area contributed by atoms with Gasteiger partial charge in [0.25, 0.3) is 0 Å². The van der Waals surface area contributed by atoms with Crippen LogP contribution in [0.15, 0.2) is 0 Å². The predicted octanol–water partition coefficient (Wildman–Crippen LogP) is 1.84. The van der Waals surface area contributed by atoms with E-state index in [9.17, 15) is 4.79 Å². The minimum absolute atomic E-state index is 0.0242. The van der Waals surface area contributed by atoms with Crippen LogP contribution in [0.5, 0.6) is 0 Å². The number of carbonyl (C=O) groups is 1. The zero-order valence-electron chi connectivity index (χ0n) is 9.67. The summed E-state index contributed by atoms with van der Waals surface area (Å²) in [4.78, 5) is 11.6. The van der Waals surface area contributed by atoms with Gasteiger partial charge in [-0.1, -0.05) is 25.7 Å². The SMILES string of the molecule is C[C@H](CO)NC(=O)CC1CCCCCC1. The summed E-state index contributed by atoms with van der Waals surface area (Å²) in [5.74, 6) is 0.668. The molecule has 0 saturated heterocycles. The van der Waals surface area contributed by atoms with E-state index in [1.54, 1.807) is 0 Å². The van der Waals surface area contributed by atoms with E-state index < -0.39 is 0 Å². The average Bonchev–Trinajstić information content (AvgIpc) is 2.46. The van der Waals surface area contributed by atoms with Crippen molar-refractivity contribution in [3.05, 3.63) is 0 Å². The summed E-state index contributed by atoms with van der Waals surface area (Å²) in [7, 11) is 0. The Kier molecular flexibility index (Phi) is 5.69. The Balaban J connectivity index is 2.23. The molecule has 2 N–H and O–H groups in total. The molecule has 0 aromatic heterocycles. The highest BCUT2D eigenvalue weighted by Crippen LogP contribution is 2.25. The zero-order chi connectivity index (χ0) is 11.1. The molecule has 0 aromatic carbocycles. The summed E-state index contributed by atoms with van der Waals surface area (Å²) >= 11 is 0. The Labute approximate surface area is 92.3 Å². The first-order valence-corrected chi connectivity index (χ1v) is 6.12.